The zero-order valence-electron chi connectivity index (χ0n) is 9.76. The van der Waals surface area contributed by atoms with Crippen LogP contribution in [0, 0.1) is 5.82 Å². The van der Waals surface area contributed by atoms with Crippen LogP contribution in [0.5, 0.6) is 0 Å². The van der Waals surface area contributed by atoms with Crippen LogP contribution in [-0.4, -0.2) is 17.0 Å². The summed E-state index contributed by atoms with van der Waals surface area (Å²) in [5.74, 6) is -2.06. The molecule has 0 aromatic heterocycles. The minimum Gasteiger partial charge on any atom is -0.478 e. The molecule has 2 N–H and O–H groups in total. The highest BCUT2D eigenvalue weighted by Crippen LogP contribution is 2.16. The van der Waals surface area contributed by atoms with Crippen molar-refractivity contribution in [1.29, 1.82) is 0 Å². The minimum atomic E-state index is -1.13. The van der Waals surface area contributed by atoms with Crippen LogP contribution in [0.1, 0.15) is 20.7 Å². The lowest BCUT2D eigenvalue weighted by Crippen LogP contribution is -2.14. The van der Waals surface area contributed by atoms with Crippen molar-refractivity contribution in [3.63, 3.8) is 0 Å². The Hall–Kier alpha value is -2.69. The van der Waals surface area contributed by atoms with Gasteiger partial charge in [0.05, 0.1) is 11.3 Å². The topological polar surface area (TPSA) is 66.4 Å². The summed E-state index contributed by atoms with van der Waals surface area (Å²) < 4.78 is 12.7. The molecule has 0 unspecified atom stereocenters. The number of aromatic carboxylic acids is 1. The number of rotatable bonds is 3. The van der Waals surface area contributed by atoms with E-state index in [2.05, 4.69) is 5.32 Å². The fraction of sp³-hybridized carbons (Fsp3) is 0. The van der Waals surface area contributed by atoms with Crippen LogP contribution in [0.3, 0.4) is 0 Å². The summed E-state index contributed by atoms with van der Waals surface area (Å²) >= 11 is 0. The lowest BCUT2D eigenvalue weighted by molar-refractivity contribution is 0.0698. The standard InChI is InChI=1S/C14H10FNO3/c15-10-7-5-9(6-8-10)13(17)16-12-4-2-1-3-11(12)14(18)19/h1-8H,(H,16,17)(H,18,19). The number of hydrogen-bond donors (Lipinski definition) is 2. The molecule has 2 rings (SSSR count). The maximum absolute atomic E-state index is 12.7. The van der Waals surface area contributed by atoms with Gasteiger partial charge in [-0.15, -0.1) is 0 Å². The van der Waals surface area contributed by atoms with Gasteiger partial charge in [0.25, 0.3) is 5.91 Å². The van der Waals surface area contributed by atoms with Crippen molar-refractivity contribution in [3.05, 3.63) is 65.5 Å². The molecule has 0 aliphatic rings. The number of hydrogen-bond acceptors (Lipinski definition) is 2. The molecule has 19 heavy (non-hydrogen) atoms. The number of para-hydroxylation sites is 1. The fourth-order valence-corrected chi connectivity index (χ4v) is 1.57. The van der Waals surface area contributed by atoms with Crippen molar-refractivity contribution in [2.24, 2.45) is 0 Å². The average molecular weight is 259 g/mol. The molecular formula is C14H10FNO3. The first-order valence-electron chi connectivity index (χ1n) is 5.47. The van der Waals surface area contributed by atoms with Gasteiger partial charge < -0.3 is 10.4 Å². The maximum Gasteiger partial charge on any atom is 0.337 e. The van der Waals surface area contributed by atoms with Crippen LogP contribution in [0.15, 0.2) is 48.5 Å². The van der Waals surface area contributed by atoms with Gasteiger partial charge in [-0.3, -0.25) is 4.79 Å². The molecule has 0 saturated heterocycles. The zero-order valence-corrected chi connectivity index (χ0v) is 9.76. The predicted octanol–water partition coefficient (Wildman–Crippen LogP) is 2.78. The van der Waals surface area contributed by atoms with Crippen molar-refractivity contribution in [1.82, 2.24) is 0 Å². The molecule has 0 fully saturated rings. The Bertz CT molecular complexity index is 623. The Morgan fingerprint density at radius 3 is 2.26 bits per heavy atom. The van der Waals surface area contributed by atoms with Crippen LogP contribution in [0.25, 0.3) is 0 Å². The first kappa shape index (κ1) is 12.8. The molecule has 1 amide bonds. The van der Waals surface area contributed by atoms with Gasteiger partial charge in [-0.05, 0) is 36.4 Å². The normalized spacial score (nSPS) is 9.95. The van der Waals surface area contributed by atoms with E-state index in [-0.39, 0.29) is 16.8 Å². The minimum absolute atomic E-state index is 0.00189. The molecule has 5 heteroatoms. The smallest absolute Gasteiger partial charge is 0.337 e. The average Bonchev–Trinajstić information content (AvgIpc) is 2.39. The zero-order chi connectivity index (χ0) is 13.8. The number of halogens is 1. The Kier molecular flexibility index (Phi) is 3.56. The molecule has 2 aromatic carbocycles. The molecule has 0 heterocycles. The predicted molar refractivity (Wildman–Crippen MR) is 67.8 cm³/mol. The monoisotopic (exact) mass is 259 g/mol. The van der Waals surface area contributed by atoms with Crippen LogP contribution < -0.4 is 5.32 Å². The second-order valence-corrected chi connectivity index (χ2v) is 3.81. The lowest BCUT2D eigenvalue weighted by atomic mass is 10.1. The first-order chi connectivity index (χ1) is 9.08. The number of amides is 1. The van der Waals surface area contributed by atoms with Crippen molar-refractivity contribution in [2.75, 3.05) is 5.32 Å². The van der Waals surface area contributed by atoms with E-state index in [1.807, 2.05) is 0 Å². The van der Waals surface area contributed by atoms with Crippen LogP contribution in [0.2, 0.25) is 0 Å². The third-order valence-electron chi connectivity index (χ3n) is 2.51. The van der Waals surface area contributed by atoms with E-state index < -0.39 is 17.7 Å². The maximum atomic E-state index is 12.7. The largest absolute Gasteiger partial charge is 0.478 e. The Morgan fingerprint density at radius 1 is 1.00 bits per heavy atom. The van der Waals surface area contributed by atoms with Gasteiger partial charge >= 0.3 is 5.97 Å². The van der Waals surface area contributed by atoms with E-state index >= 15 is 0 Å². The number of carboxylic acid groups (broad SMARTS) is 1. The van der Waals surface area contributed by atoms with Gasteiger partial charge in [0.1, 0.15) is 5.82 Å². The summed E-state index contributed by atoms with van der Waals surface area (Å²) in [5.41, 5.74) is 0.448. The van der Waals surface area contributed by atoms with Gasteiger partial charge in [-0.2, -0.15) is 0 Å². The summed E-state index contributed by atoms with van der Waals surface area (Å²) in [7, 11) is 0. The van der Waals surface area contributed by atoms with Crippen molar-refractivity contribution < 1.29 is 19.1 Å². The molecule has 0 aliphatic heterocycles. The van der Waals surface area contributed by atoms with E-state index in [9.17, 15) is 14.0 Å². The van der Waals surface area contributed by atoms with Gasteiger partial charge in [0, 0.05) is 5.56 Å². The third kappa shape index (κ3) is 2.95. The van der Waals surface area contributed by atoms with E-state index in [1.54, 1.807) is 12.1 Å². The van der Waals surface area contributed by atoms with Crippen molar-refractivity contribution in [2.45, 2.75) is 0 Å². The fourth-order valence-electron chi connectivity index (χ4n) is 1.57. The summed E-state index contributed by atoms with van der Waals surface area (Å²) in [6.45, 7) is 0. The Labute approximate surface area is 108 Å². The highest BCUT2D eigenvalue weighted by atomic mass is 19.1. The molecule has 2 aromatic rings. The molecule has 0 aliphatic carbocycles. The van der Waals surface area contributed by atoms with E-state index in [0.29, 0.717) is 0 Å². The number of anilines is 1. The number of carbonyl (C=O) groups is 2. The molecule has 0 bridgehead atoms. The van der Waals surface area contributed by atoms with Crippen LogP contribution in [0.4, 0.5) is 10.1 Å². The van der Waals surface area contributed by atoms with Crippen LogP contribution >= 0.6 is 0 Å². The molecule has 4 nitrogen and oxygen atoms in total. The molecule has 96 valence electrons. The van der Waals surface area contributed by atoms with E-state index in [4.69, 9.17) is 5.11 Å². The summed E-state index contributed by atoms with van der Waals surface area (Å²) in [6.07, 6.45) is 0. The second-order valence-electron chi connectivity index (χ2n) is 3.81. The van der Waals surface area contributed by atoms with Crippen LogP contribution in [-0.2, 0) is 0 Å². The second kappa shape index (κ2) is 5.30. The SMILES string of the molecule is O=C(Nc1ccccc1C(=O)O)c1ccc(F)cc1. The molecule has 0 saturated carbocycles. The number of carboxylic acids is 1. The van der Waals surface area contributed by atoms with Gasteiger partial charge in [0.15, 0.2) is 0 Å². The lowest BCUT2D eigenvalue weighted by Gasteiger charge is -2.08. The molecule has 0 atom stereocenters. The number of benzene rings is 2. The molecule has 0 spiro atoms. The summed E-state index contributed by atoms with van der Waals surface area (Å²) in [6, 6.07) is 11.1. The third-order valence-corrected chi connectivity index (χ3v) is 2.51. The summed E-state index contributed by atoms with van der Waals surface area (Å²) in [4.78, 5) is 22.9. The van der Waals surface area contributed by atoms with Gasteiger partial charge in [0.2, 0.25) is 0 Å². The number of nitrogens with one attached hydrogen (secondary N) is 1. The van der Waals surface area contributed by atoms with Gasteiger partial charge in [-0.25, -0.2) is 9.18 Å². The Balaban J connectivity index is 2.24. The van der Waals surface area contributed by atoms with E-state index in [0.717, 1.165) is 12.1 Å². The number of carbonyl (C=O) groups excluding carboxylic acids is 1. The summed E-state index contributed by atoms with van der Waals surface area (Å²) in [5, 5.41) is 11.5. The highest BCUT2D eigenvalue weighted by Gasteiger charge is 2.12. The van der Waals surface area contributed by atoms with E-state index in [1.165, 1.54) is 24.3 Å². The highest BCUT2D eigenvalue weighted by molar-refractivity contribution is 6.07. The van der Waals surface area contributed by atoms with Crippen molar-refractivity contribution in [3.8, 4) is 0 Å². The quantitative estimate of drug-likeness (QED) is 0.890. The first-order valence-corrected chi connectivity index (χ1v) is 5.47. The Morgan fingerprint density at radius 2 is 1.63 bits per heavy atom. The van der Waals surface area contributed by atoms with Crippen molar-refractivity contribution >= 4 is 17.6 Å². The van der Waals surface area contributed by atoms with Gasteiger partial charge in [-0.1, -0.05) is 12.1 Å². The molecule has 0 radical (unpaired) electrons. The molecular weight excluding hydrogens is 249 g/mol.